The van der Waals surface area contributed by atoms with Crippen LogP contribution in [0, 0.1) is 44.8 Å². The molecule has 2 nitrogen and oxygen atoms in total. The van der Waals surface area contributed by atoms with Gasteiger partial charge in [0.1, 0.15) is 6.10 Å². The highest BCUT2D eigenvalue weighted by atomic mass is 16.5. The Hall–Kier alpha value is -0.790. The number of rotatable bonds is 2. The van der Waals surface area contributed by atoms with Gasteiger partial charge in [0, 0.05) is 12.3 Å². The molecule has 0 bridgehead atoms. The molecule has 0 saturated heterocycles. The van der Waals surface area contributed by atoms with Crippen LogP contribution in [0.15, 0.2) is 11.6 Å². The van der Waals surface area contributed by atoms with E-state index in [-0.39, 0.29) is 17.5 Å². The van der Waals surface area contributed by atoms with Crippen molar-refractivity contribution in [2.45, 2.75) is 112 Å². The molecule has 5 aliphatic rings. The molecular weight excluding hydrogens is 368 g/mol. The SMILES string of the molecule is C/C=C(\C)C1CC[C@@]2(C)C3CCC4C(C)(C)[C@@H](OC(C)=O)CC[C@@]45C[C@@]35CC[C@]12C. The zero-order chi connectivity index (χ0) is 21.7. The summed E-state index contributed by atoms with van der Waals surface area (Å²) in [7, 11) is 0. The molecule has 0 heterocycles. The largest absolute Gasteiger partial charge is 0.462 e. The lowest BCUT2D eigenvalue weighted by Crippen LogP contribution is -2.57. The molecule has 0 aromatic heterocycles. The van der Waals surface area contributed by atoms with Gasteiger partial charge in [0.25, 0.3) is 0 Å². The lowest BCUT2D eigenvalue weighted by molar-refractivity contribution is -0.179. The number of fused-ring (bicyclic) bond motifs is 2. The van der Waals surface area contributed by atoms with E-state index in [2.05, 4.69) is 47.6 Å². The molecule has 3 unspecified atom stereocenters. The summed E-state index contributed by atoms with van der Waals surface area (Å²) in [6.07, 6.45) is 14.7. The maximum absolute atomic E-state index is 11.8. The number of hydrogen-bond donors (Lipinski definition) is 0. The zero-order valence-electron chi connectivity index (χ0n) is 20.6. The van der Waals surface area contributed by atoms with Gasteiger partial charge < -0.3 is 4.74 Å². The first-order chi connectivity index (χ1) is 14.0. The highest BCUT2D eigenvalue weighted by Crippen LogP contribution is 2.89. The normalized spacial score (nSPS) is 53.8. The summed E-state index contributed by atoms with van der Waals surface area (Å²) in [5.41, 5.74) is 3.83. The molecule has 2 spiro atoms. The summed E-state index contributed by atoms with van der Waals surface area (Å²) in [6.45, 7) is 16.4. The molecule has 30 heavy (non-hydrogen) atoms. The summed E-state index contributed by atoms with van der Waals surface area (Å²) >= 11 is 0. The Morgan fingerprint density at radius 3 is 2.17 bits per heavy atom. The fraction of sp³-hybridized carbons (Fsp3) is 0.893. The van der Waals surface area contributed by atoms with Gasteiger partial charge in [-0.15, -0.1) is 0 Å². The topological polar surface area (TPSA) is 26.3 Å². The van der Waals surface area contributed by atoms with Crippen LogP contribution in [0.3, 0.4) is 0 Å². The van der Waals surface area contributed by atoms with Crippen LogP contribution >= 0.6 is 0 Å². The van der Waals surface area contributed by atoms with Crippen LogP contribution in [-0.4, -0.2) is 12.1 Å². The van der Waals surface area contributed by atoms with E-state index in [1.165, 1.54) is 51.4 Å². The van der Waals surface area contributed by atoms with Gasteiger partial charge in [0.05, 0.1) is 0 Å². The third-order valence-corrected chi connectivity index (χ3v) is 12.4. The van der Waals surface area contributed by atoms with E-state index in [0.717, 1.165) is 24.2 Å². The van der Waals surface area contributed by atoms with Crippen molar-refractivity contribution in [3.63, 3.8) is 0 Å². The van der Waals surface area contributed by atoms with Crippen LogP contribution in [0.1, 0.15) is 106 Å². The minimum Gasteiger partial charge on any atom is -0.462 e. The molecule has 0 aromatic carbocycles. The Morgan fingerprint density at radius 2 is 1.50 bits per heavy atom. The molecule has 0 aromatic rings. The number of hydrogen-bond acceptors (Lipinski definition) is 2. The van der Waals surface area contributed by atoms with Crippen molar-refractivity contribution in [1.82, 2.24) is 0 Å². The summed E-state index contributed by atoms with van der Waals surface area (Å²) < 4.78 is 5.87. The second kappa shape index (κ2) is 6.16. The number of ether oxygens (including phenoxy) is 1. The molecule has 2 heteroatoms. The molecule has 5 rings (SSSR count). The smallest absolute Gasteiger partial charge is 0.302 e. The second-order valence-electron chi connectivity index (χ2n) is 13.1. The van der Waals surface area contributed by atoms with Gasteiger partial charge in [-0.2, -0.15) is 0 Å². The number of carbonyl (C=O) groups is 1. The molecule has 5 fully saturated rings. The first kappa shape index (κ1) is 21.1. The Bertz CT molecular complexity index is 794. The van der Waals surface area contributed by atoms with Crippen molar-refractivity contribution in [3.8, 4) is 0 Å². The van der Waals surface area contributed by atoms with Gasteiger partial charge in [-0.3, -0.25) is 4.79 Å². The summed E-state index contributed by atoms with van der Waals surface area (Å²) in [6, 6.07) is 0. The van der Waals surface area contributed by atoms with Crippen LogP contribution in [-0.2, 0) is 9.53 Å². The Labute approximate surface area is 184 Å². The molecular formula is C28H44O2. The lowest BCUT2D eigenvalue weighted by atomic mass is 9.42. The van der Waals surface area contributed by atoms with Crippen molar-refractivity contribution >= 4 is 5.97 Å². The van der Waals surface area contributed by atoms with Crippen molar-refractivity contribution in [2.75, 3.05) is 0 Å². The van der Waals surface area contributed by atoms with E-state index in [1.807, 2.05) is 0 Å². The standard InChI is InChI=1S/C28H44O2/c1-8-18(2)20-11-13-26(7)22-10-9-21-24(4,5)23(30-19(3)29)12-14-27(21)17-28(22,27)16-15-25(20,26)6/h8,20-23H,9-17H2,1-7H3/b18-8+/t20?,21?,22?,23-,25+,26-,27+,28-/m0/s1. The van der Waals surface area contributed by atoms with Gasteiger partial charge in [-0.25, -0.2) is 0 Å². The molecule has 8 atom stereocenters. The maximum atomic E-state index is 11.8. The van der Waals surface area contributed by atoms with Gasteiger partial charge >= 0.3 is 5.97 Å². The lowest BCUT2D eigenvalue weighted by Gasteiger charge is -2.63. The third kappa shape index (κ3) is 2.25. The molecule has 168 valence electrons. The Kier molecular flexibility index (Phi) is 4.33. The molecule has 0 radical (unpaired) electrons. The fourth-order valence-electron chi connectivity index (χ4n) is 10.7. The van der Waals surface area contributed by atoms with Crippen molar-refractivity contribution in [2.24, 2.45) is 44.8 Å². The first-order valence-electron chi connectivity index (χ1n) is 12.8. The highest BCUT2D eigenvalue weighted by Gasteiger charge is 2.82. The van der Waals surface area contributed by atoms with E-state index in [1.54, 1.807) is 12.5 Å². The predicted octanol–water partition coefficient (Wildman–Crippen LogP) is 7.32. The fourth-order valence-corrected chi connectivity index (χ4v) is 10.7. The number of allylic oxidation sites excluding steroid dienone is 2. The van der Waals surface area contributed by atoms with Crippen LogP contribution in [0.5, 0.6) is 0 Å². The molecule has 5 aliphatic carbocycles. The van der Waals surface area contributed by atoms with Crippen LogP contribution < -0.4 is 0 Å². The Balaban J connectivity index is 1.48. The molecule has 0 aliphatic heterocycles. The summed E-state index contributed by atoms with van der Waals surface area (Å²) in [5, 5.41) is 0. The number of carbonyl (C=O) groups excluding carboxylic acids is 1. The van der Waals surface area contributed by atoms with Crippen molar-refractivity contribution < 1.29 is 9.53 Å². The third-order valence-electron chi connectivity index (χ3n) is 12.4. The van der Waals surface area contributed by atoms with E-state index in [9.17, 15) is 4.79 Å². The van der Waals surface area contributed by atoms with E-state index < -0.39 is 0 Å². The highest BCUT2D eigenvalue weighted by molar-refractivity contribution is 5.66. The Morgan fingerprint density at radius 1 is 0.833 bits per heavy atom. The van der Waals surface area contributed by atoms with Gasteiger partial charge in [0.15, 0.2) is 0 Å². The van der Waals surface area contributed by atoms with Crippen LogP contribution in [0.4, 0.5) is 0 Å². The van der Waals surface area contributed by atoms with Crippen LogP contribution in [0.25, 0.3) is 0 Å². The quantitative estimate of drug-likeness (QED) is 0.351. The molecule has 0 N–H and O–H groups in total. The van der Waals surface area contributed by atoms with Crippen molar-refractivity contribution in [1.29, 1.82) is 0 Å². The predicted molar refractivity (Wildman–Crippen MR) is 122 cm³/mol. The average Bonchev–Trinajstić information content (AvgIpc) is 3.26. The minimum absolute atomic E-state index is 0.0967. The summed E-state index contributed by atoms with van der Waals surface area (Å²) in [5.74, 6) is 2.31. The first-order valence-corrected chi connectivity index (χ1v) is 12.8. The zero-order valence-corrected chi connectivity index (χ0v) is 20.6. The van der Waals surface area contributed by atoms with E-state index in [0.29, 0.717) is 21.7 Å². The van der Waals surface area contributed by atoms with Crippen molar-refractivity contribution in [3.05, 3.63) is 11.6 Å². The van der Waals surface area contributed by atoms with Gasteiger partial charge in [-0.05, 0) is 111 Å². The maximum Gasteiger partial charge on any atom is 0.302 e. The second-order valence-corrected chi connectivity index (χ2v) is 13.1. The van der Waals surface area contributed by atoms with Gasteiger partial charge in [-0.1, -0.05) is 39.3 Å². The van der Waals surface area contributed by atoms with E-state index >= 15 is 0 Å². The average molecular weight is 413 g/mol. The summed E-state index contributed by atoms with van der Waals surface area (Å²) in [4.78, 5) is 11.8. The monoisotopic (exact) mass is 412 g/mol. The molecule has 5 saturated carbocycles. The van der Waals surface area contributed by atoms with E-state index in [4.69, 9.17) is 4.74 Å². The number of esters is 1. The van der Waals surface area contributed by atoms with Gasteiger partial charge in [0.2, 0.25) is 0 Å². The van der Waals surface area contributed by atoms with Crippen LogP contribution in [0.2, 0.25) is 0 Å². The minimum atomic E-state index is -0.0967. The molecule has 0 amide bonds.